The van der Waals surface area contributed by atoms with Crippen molar-refractivity contribution in [2.75, 3.05) is 0 Å². The van der Waals surface area contributed by atoms with Crippen LogP contribution in [0.5, 0.6) is 0 Å². The maximum absolute atomic E-state index is 5.79. The Balaban J connectivity index is 2.32. The number of hydrogen-bond acceptors (Lipinski definition) is 3. The van der Waals surface area contributed by atoms with Crippen LogP contribution in [0.1, 0.15) is 25.7 Å². The first kappa shape index (κ1) is 9.46. The van der Waals surface area contributed by atoms with Gasteiger partial charge in [-0.2, -0.15) is 0 Å². The van der Waals surface area contributed by atoms with E-state index in [0.717, 1.165) is 30.7 Å². The third kappa shape index (κ3) is 1.87. The molecule has 0 saturated carbocycles. The van der Waals surface area contributed by atoms with Crippen molar-refractivity contribution >= 4 is 22.8 Å². The zero-order valence-corrected chi connectivity index (χ0v) is 8.71. The summed E-state index contributed by atoms with van der Waals surface area (Å²) >= 11 is 5.79. The zero-order chi connectivity index (χ0) is 9.97. The molecule has 0 aromatic carbocycles. The van der Waals surface area contributed by atoms with Gasteiger partial charge in [0.25, 0.3) is 0 Å². The number of unbranched alkanes of at least 4 members (excludes halogenated alkanes) is 1. The summed E-state index contributed by atoms with van der Waals surface area (Å²) in [5.74, 6) is 0.747. The Morgan fingerprint density at radius 2 is 2.36 bits per heavy atom. The van der Waals surface area contributed by atoms with Crippen LogP contribution in [0.4, 0.5) is 0 Å². The molecule has 0 aliphatic heterocycles. The molecule has 0 bridgehead atoms. The molecule has 3 nitrogen and oxygen atoms in total. The van der Waals surface area contributed by atoms with Gasteiger partial charge in [-0.1, -0.05) is 24.9 Å². The predicted octanol–water partition coefficient (Wildman–Crippen LogP) is 3.22. The summed E-state index contributed by atoms with van der Waals surface area (Å²) in [4.78, 5) is 8.35. The minimum absolute atomic E-state index is 0.570. The second-order valence-electron chi connectivity index (χ2n) is 3.19. The van der Waals surface area contributed by atoms with Gasteiger partial charge in [-0.25, -0.2) is 9.97 Å². The first-order valence-corrected chi connectivity index (χ1v) is 5.08. The van der Waals surface area contributed by atoms with E-state index in [-0.39, 0.29) is 0 Å². The van der Waals surface area contributed by atoms with Crippen molar-refractivity contribution in [1.29, 1.82) is 0 Å². The zero-order valence-electron chi connectivity index (χ0n) is 7.96. The van der Waals surface area contributed by atoms with Crippen LogP contribution in [0.15, 0.2) is 16.7 Å². The average molecular weight is 211 g/mol. The van der Waals surface area contributed by atoms with Crippen LogP contribution in [0.25, 0.3) is 11.2 Å². The highest BCUT2D eigenvalue weighted by atomic mass is 35.5. The fourth-order valence-corrected chi connectivity index (χ4v) is 1.43. The summed E-state index contributed by atoms with van der Waals surface area (Å²) in [6, 6.07) is 1.77. The van der Waals surface area contributed by atoms with E-state index in [2.05, 4.69) is 16.9 Å². The maximum Gasteiger partial charge on any atom is 0.247 e. The van der Waals surface area contributed by atoms with Gasteiger partial charge >= 0.3 is 0 Å². The number of nitrogens with zero attached hydrogens (tertiary/aromatic N) is 2. The van der Waals surface area contributed by atoms with Crippen LogP contribution in [0, 0.1) is 0 Å². The molecule has 0 aliphatic rings. The summed E-state index contributed by atoms with van der Waals surface area (Å²) in [6.07, 6.45) is 4.65. The lowest BCUT2D eigenvalue weighted by Crippen LogP contribution is -1.82. The van der Waals surface area contributed by atoms with Gasteiger partial charge in [0.1, 0.15) is 5.52 Å². The van der Waals surface area contributed by atoms with Gasteiger partial charge in [0.15, 0.2) is 5.89 Å². The molecule has 4 heteroatoms. The van der Waals surface area contributed by atoms with Crippen molar-refractivity contribution in [2.24, 2.45) is 0 Å². The number of oxazole rings is 1. The number of fused-ring (bicyclic) bond motifs is 1. The molecule has 14 heavy (non-hydrogen) atoms. The summed E-state index contributed by atoms with van der Waals surface area (Å²) in [5.41, 5.74) is 1.31. The Kier molecular flexibility index (Phi) is 2.68. The van der Waals surface area contributed by atoms with Crippen molar-refractivity contribution in [2.45, 2.75) is 26.2 Å². The molecule has 0 radical (unpaired) electrons. The first-order chi connectivity index (χ1) is 6.79. The topological polar surface area (TPSA) is 38.9 Å². The van der Waals surface area contributed by atoms with Gasteiger partial charge in [-0.05, 0) is 12.5 Å². The minimum atomic E-state index is 0.570. The number of aryl methyl sites for hydroxylation is 1. The molecule has 0 atom stereocenters. The molecule has 0 amide bonds. The number of rotatable bonds is 3. The Bertz CT molecular complexity index is 439. The van der Waals surface area contributed by atoms with Gasteiger partial charge in [0.05, 0.1) is 5.02 Å². The lowest BCUT2D eigenvalue weighted by Gasteiger charge is -1.88. The van der Waals surface area contributed by atoms with Gasteiger partial charge in [-0.15, -0.1) is 0 Å². The molecule has 74 valence electrons. The fourth-order valence-electron chi connectivity index (χ4n) is 1.28. The summed E-state index contributed by atoms with van der Waals surface area (Å²) in [5, 5.41) is 0.591. The molecule has 2 heterocycles. The SMILES string of the molecule is CCCCc1nc2cc(Cl)cnc2o1. The molecule has 0 N–H and O–H groups in total. The lowest BCUT2D eigenvalue weighted by molar-refractivity contribution is 0.510. The largest absolute Gasteiger partial charge is 0.422 e. The quantitative estimate of drug-likeness (QED) is 0.781. The van der Waals surface area contributed by atoms with E-state index < -0.39 is 0 Å². The van der Waals surface area contributed by atoms with Gasteiger partial charge in [0.2, 0.25) is 5.71 Å². The standard InChI is InChI=1S/C10H11ClN2O/c1-2-3-4-9-13-8-5-7(11)6-12-10(8)14-9/h5-6H,2-4H2,1H3. The normalized spacial score (nSPS) is 11.0. The van der Waals surface area contributed by atoms with Crippen LogP contribution >= 0.6 is 11.6 Å². The number of pyridine rings is 1. The van der Waals surface area contributed by atoms with Crippen LogP contribution in [-0.4, -0.2) is 9.97 Å². The van der Waals surface area contributed by atoms with Crippen LogP contribution in [0.2, 0.25) is 5.02 Å². The number of halogens is 1. The molecule has 0 spiro atoms. The summed E-state index contributed by atoms with van der Waals surface area (Å²) in [7, 11) is 0. The molecule has 0 saturated heterocycles. The minimum Gasteiger partial charge on any atom is -0.422 e. The Labute approximate surface area is 87.1 Å². The Morgan fingerprint density at radius 3 is 3.14 bits per heavy atom. The summed E-state index contributed by atoms with van der Waals surface area (Å²) < 4.78 is 5.44. The molecule has 0 fully saturated rings. The molecule has 2 aromatic rings. The molecular weight excluding hydrogens is 200 g/mol. The Hall–Kier alpha value is -1.09. The van der Waals surface area contributed by atoms with Gasteiger partial charge in [-0.3, -0.25) is 0 Å². The van der Waals surface area contributed by atoms with E-state index in [1.165, 1.54) is 0 Å². The van der Waals surface area contributed by atoms with E-state index in [4.69, 9.17) is 16.0 Å². The molecule has 0 aliphatic carbocycles. The van der Waals surface area contributed by atoms with Crippen molar-refractivity contribution in [3.05, 3.63) is 23.2 Å². The second-order valence-corrected chi connectivity index (χ2v) is 3.63. The third-order valence-electron chi connectivity index (χ3n) is 2.00. The van der Waals surface area contributed by atoms with E-state index in [0.29, 0.717) is 10.7 Å². The van der Waals surface area contributed by atoms with Crippen LogP contribution in [0.3, 0.4) is 0 Å². The van der Waals surface area contributed by atoms with Crippen molar-refractivity contribution in [3.63, 3.8) is 0 Å². The van der Waals surface area contributed by atoms with E-state index in [9.17, 15) is 0 Å². The second kappa shape index (κ2) is 3.96. The fraction of sp³-hybridized carbons (Fsp3) is 0.400. The van der Waals surface area contributed by atoms with E-state index in [1.54, 1.807) is 12.3 Å². The van der Waals surface area contributed by atoms with Gasteiger partial charge < -0.3 is 4.42 Å². The first-order valence-electron chi connectivity index (χ1n) is 4.70. The highest BCUT2D eigenvalue weighted by molar-refractivity contribution is 6.30. The molecular formula is C10H11ClN2O. The number of hydrogen-bond donors (Lipinski definition) is 0. The predicted molar refractivity (Wildman–Crippen MR) is 55.4 cm³/mol. The van der Waals surface area contributed by atoms with Crippen LogP contribution < -0.4 is 0 Å². The Morgan fingerprint density at radius 1 is 1.50 bits per heavy atom. The molecule has 2 aromatic heterocycles. The van der Waals surface area contributed by atoms with Gasteiger partial charge in [0, 0.05) is 12.6 Å². The van der Waals surface area contributed by atoms with Crippen molar-refractivity contribution in [3.8, 4) is 0 Å². The van der Waals surface area contributed by atoms with Crippen molar-refractivity contribution in [1.82, 2.24) is 9.97 Å². The highest BCUT2D eigenvalue weighted by Crippen LogP contribution is 2.18. The smallest absolute Gasteiger partial charge is 0.247 e. The molecule has 0 unspecified atom stereocenters. The number of aromatic nitrogens is 2. The third-order valence-corrected chi connectivity index (χ3v) is 2.21. The molecule has 2 rings (SSSR count). The van der Waals surface area contributed by atoms with E-state index >= 15 is 0 Å². The maximum atomic E-state index is 5.79. The monoisotopic (exact) mass is 210 g/mol. The van der Waals surface area contributed by atoms with Crippen molar-refractivity contribution < 1.29 is 4.42 Å². The lowest BCUT2D eigenvalue weighted by atomic mass is 10.2. The summed E-state index contributed by atoms with van der Waals surface area (Å²) in [6.45, 7) is 2.14. The van der Waals surface area contributed by atoms with E-state index in [1.807, 2.05) is 0 Å². The average Bonchev–Trinajstić information content (AvgIpc) is 2.56. The highest BCUT2D eigenvalue weighted by Gasteiger charge is 2.06. The van der Waals surface area contributed by atoms with Crippen LogP contribution in [-0.2, 0) is 6.42 Å².